The summed E-state index contributed by atoms with van der Waals surface area (Å²) in [6.45, 7) is 14.2. The van der Waals surface area contributed by atoms with Gasteiger partial charge in [-0.05, 0) is 0 Å². The molecule has 0 N–H and O–H groups in total. The molecule has 0 saturated carbocycles. The molecule has 0 aromatic heterocycles. The van der Waals surface area contributed by atoms with Crippen molar-refractivity contribution < 1.29 is 0 Å². The zero-order chi connectivity index (χ0) is 16.6. The summed E-state index contributed by atoms with van der Waals surface area (Å²) in [6.07, 6.45) is 0. The molecule has 0 atom stereocenters. The second kappa shape index (κ2) is 9.99. The monoisotopic (exact) mass is 520 g/mol. The van der Waals surface area contributed by atoms with Crippen molar-refractivity contribution in [2.24, 2.45) is 0 Å². The molecule has 0 heterocycles. The molecule has 0 aromatic rings. The molecule has 0 aliphatic carbocycles. The predicted octanol–water partition coefficient (Wildman–Crippen LogP) is 5.88. The van der Waals surface area contributed by atoms with Gasteiger partial charge in [-0.3, -0.25) is 0 Å². The van der Waals surface area contributed by atoms with Crippen LogP contribution in [0.1, 0.15) is 41.5 Å². The first-order chi connectivity index (χ1) is 9.78. The van der Waals surface area contributed by atoms with Gasteiger partial charge in [-0.15, -0.1) is 0 Å². The summed E-state index contributed by atoms with van der Waals surface area (Å²) >= 11 is -6.08. The average Bonchev–Trinajstić information content (AvgIpc) is 2.51. The van der Waals surface area contributed by atoms with Gasteiger partial charge in [-0.1, -0.05) is 0 Å². The molecule has 0 bridgehead atoms. The van der Waals surface area contributed by atoms with E-state index in [1.807, 2.05) is 0 Å². The van der Waals surface area contributed by atoms with Crippen LogP contribution in [-0.4, -0.2) is 44.9 Å². The van der Waals surface area contributed by atoms with Crippen LogP contribution in [0.4, 0.5) is 0 Å². The van der Waals surface area contributed by atoms with E-state index in [0.717, 1.165) is 0 Å². The molecule has 0 saturated heterocycles. The van der Waals surface area contributed by atoms with E-state index in [4.69, 9.17) is 0 Å². The van der Waals surface area contributed by atoms with E-state index < -0.39 is 44.9 Å². The van der Waals surface area contributed by atoms with Gasteiger partial charge in [-0.25, -0.2) is 0 Å². The van der Waals surface area contributed by atoms with E-state index in [1.165, 1.54) is 31.5 Å². The van der Waals surface area contributed by atoms with Gasteiger partial charge in [0, 0.05) is 0 Å². The van der Waals surface area contributed by atoms with Crippen molar-refractivity contribution in [3.63, 3.8) is 0 Å². The Labute approximate surface area is 144 Å². The normalized spacial score (nSPS) is 12.2. The minimum atomic E-state index is -2.43. The Morgan fingerprint density at radius 1 is 0.571 bits per heavy atom. The molecule has 0 aliphatic rings. The van der Waals surface area contributed by atoms with E-state index in [-0.39, 0.29) is 0 Å². The van der Waals surface area contributed by atoms with Gasteiger partial charge in [0.2, 0.25) is 0 Å². The number of rotatable bonds is 6. The van der Waals surface area contributed by atoms with Crippen molar-refractivity contribution in [2.75, 3.05) is 0 Å². The van der Waals surface area contributed by atoms with Crippen LogP contribution in [0.25, 0.3) is 0 Å². The van der Waals surface area contributed by atoms with Gasteiger partial charge < -0.3 is 0 Å². The van der Waals surface area contributed by atoms with Crippen LogP contribution in [-0.2, 0) is 0 Å². The van der Waals surface area contributed by atoms with Crippen LogP contribution in [0.3, 0.4) is 0 Å². The van der Waals surface area contributed by atoms with Crippen molar-refractivity contribution >= 4 is 44.9 Å². The van der Waals surface area contributed by atoms with Crippen molar-refractivity contribution in [3.05, 3.63) is 0 Å². The van der Waals surface area contributed by atoms with E-state index in [0.29, 0.717) is 0 Å². The Bertz CT molecular complexity index is 367. The molecule has 0 unspecified atom stereocenters. The van der Waals surface area contributed by atoms with Crippen molar-refractivity contribution in [3.8, 4) is 17.4 Å². The standard InChI is InChI=1S/2C8H15Ge.2CH3.Sn/c2*1-5-9(6-2,7-3)8-4;;;/h2*5-7H2,1-3H3;2*1H3;. The average molecular weight is 516 g/mol. The zero-order valence-electron chi connectivity index (χ0n) is 15.7. The second-order valence-corrected chi connectivity index (χ2v) is 38.2. The Hall–Kier alpha value is 1.00. The molecule has 0 aliphatic heterocycles. The molecular formula is C18H36Ge2Sn. The molecule has 0 radical (unpaired) electrons. The molecule has 0 aromatic carbocycles. The fourth-order valence-corrected chi connectivity index (χ4v) is 30.9. The summed E-state index contributed by atoms with van der Waals surface area (Å²) in [5, 5.41) is 8.14. The van der Waals surface area contributed by atoms with Crippen molar-refractivity contribution in [2.45, 2.75) is 82.9 Å². The van der Waals surface area contributed by atoms with Crippen LogP contribution >= 0.6 is 0 Å². The minimum absolute atomic E-state index is 1.36. The van der Waals surface area contributed by atoms with Gasteiger partial charge in [0.25, 0.3) is 0 Å². The molecule has 0 nitrogen and oxygen atoms in total. The molecule has 0 fully saturated rings. The summed E-state index contributed by atoms with van der Waals surface area (Å²) in [5.74, 6) is 0. The Balaban J connectivity index is 5.37. The van der Waals surface area contributed by atoms with Crippen LogP contribution in [0.5, 0.6) is 0 Å². The molecule has 0 amide bonds. The molecule has 21 heavy (non-hydrogen) atoms. The van der Waals surface area contributed by atoms with Crippen LogP contribution in [0, 0.1) is 17.4 Å². The van der Waals surface area contributed by atoms with Crippen molar-refractivity contribution in [1.82, 2.24) is 0 Å². The second-order valence-electron chi connectivity index (χ2n) is 6.81. The molecule has 0 rings (SSSR count). The predicted molar refractivity (Wildman–Crippen MR) is 107 cm³/mol. The quantitative estimate of drug-likeness (QED) is 0.306. The SMILES string of the molecule is C[CH2][Ge]([C]#[C][Sn]([CH3])([CH3])[C]#[C][Ge]([CH2]C)([CH2]C)[CH2]C)([CH2]C)[CH2]C. The Morgan fingerprint density at radius 3 is 1.00 bits per heavy atom. The third kappa shape index (κ3) is 6.96. The fraction of sp³-hybridized carbons (Fsp3) is 0.778. The van der Waals surface area contributed by atoms with E-state index in [2.05, 4.69) is 68.8 Å². The molecule has 120 valence electrons. The van der Waals surface area contributed by atoms with Gasteiger partial charge in [0.05, 0.1) is 0 Å². The van der Waals surface area contributed by atoms with E-state index in [1.54, 1.807) is 0 Å². The Kier molecular flexibility index (Phi) is 10.5. The summed E-state index contributed by atoms with van der Waals surface area (Å²) in [7, 11) is 0. The summed E-state index contributed by atoms with van der Waals surface area (Å²) in [4.78, 5) is 4.85. The molecule has 3 heteroatoms. The van der Waals surface area contributed by atoms with Gasteiger partial charge in [0.1, 0.15) is 0 Å². The van der Waals surface area contributed by atoms with Crippen molar-refractivity contribution in [1.29, 1.82) is 0 Å². The molecule has 0 spiro atoms. The zero-order valence-corrected chi connectivity index (χ0v) is 22.8. The Morgan fingerprint density at radius 2 is 0.810 bits per heavy atom. The summed E-state index contributed by atoms with van der Waals surface area (Å²) < 4.78 is 15.3. The van der Waals surface area contributed by atoms with E-state index >= 15 is 0 Å². The first-order valence-electron chi connectivity index (χ1n) is 8.86. The maximum atomic E-state index is 3.86. The third-order valence-corrected chi connectivity index (χ3v) is 32.4. The summed E-state index contributed by atoms with van der Waals surface area (Å²) in [6, 6.07) is 0. The third-order valence-electron chi connectivity index (χ3n) is 5.34. The first-order valence-corrected chi connectivity index (χ1v) is 28.4. The molecular weight excluding hydrogens is 480 g/mol. The first kappa shape index (κ1) is 22.0. The topological polar surface area (TPSA) is 0 Å². The van der Waals surface area contributed by atoms with Crippen LogP contribution in [0.15, 0.2) is 0 Å². The maximum absolute atomic E-state index is 3.86. The fourth-order valence-electron chi connectivity index (χ4n) is 2.64. The van der Waals surface area contributed by atoms with Crippen LogP contribution in [0.2, 0.25) is 41.4 Å². The van der Waals surface area contributed by atoms with Gasteiger partial charge >= 0.3 is 145 Å². The van der Waals surface area contributed by atoms with Gasteiger partial charge in [-0.2, -0.15) is 0 Å². The number of hydrogen-bond acceptors (Lipinski definition) is 0. The summed E-state index contributed by atoms with van der Waals surface area (Å²) in [5.41, 5.74) is 0. The van der Waals surface area contributed by atoms with E-state index in [9.17, 15) is 0 Å². The number of hydrogen-bond donors (Lipinski definition) is 0. The van der Waals surface area contributed by atoms with Gasteiger partial charge in [0.15, 0.2) is 0 Å². The van der Waals surface area contributed by atoms with Crippen LogP contribution < -0.4 is 0 Å².